The molecule has 0 radical (unpaired) electrons. The van der Waals surface area contributed by atoms with Crippen molar-refractivity contribution in [1.29, 1.82) is 0 Å². The predicted octanol–water partition coefficient (Wildman–Crippen LogP) is 3.10. The first-order valence-electron chi connectivity index (χ1n) is 9.44. The lowest BCUT2D eigenvalue weighted by molar-refractivity contribution is -0.121. The van der Waals surface area contributed by atoms with Gasteiger partial charge >= 0.3 is 0 Å². The van der Waals surface area contributed by atoms with Crippen LogP contribution in [0.4, 0.5) is 5.69 Å². The molecule has 0 aromatic heterocycles. The SMILES string of the molecule is CCOc1cc(/C=C2/NC(=S)N(C)C2=O)ccc1OCC(=O)Nc1ccc(C)cc1. The van der Waals surface area contributed by atoms with Crippen molar-refractivity contribution in [1.82, 2.24) is 10.2 Å². The molecule has 1 aliphatic heterocycles. The van der Waals surface area contributed by atoms with Crippen LogP contribution < -0.4 is 20.1 Å². The van der Waals surface area contributed by atoms with Crippen molar-refractivity contribution >= 4 is 40.9 Å². The number of aryl methyl sites for hydroxylation is 1. The average Bonchev–Trinajstić information content (AvgIpc) is 2.96. The molecule has 0 atom stereocenters. The van der Waals surface area contributed by atoms with Crippen LogP contribution in [0.25, 0.3) is 6.08 Å². The third-order valence-electron chi connectivity index (χ3n) is 4.35. The summed E-state index contributed by atoms with van der Waals surface area (Å²) in [5.41, 5.74) is 2.95. The maximum atomic E-state index is 12.2. The largest absolute Gasteiger partial charge is 0.490 e. The fourth-order valence-electron chi connectivity index (χ4n) is 2.77. The van der Waals surface area contributed by atoms with Gasteiger partial charge in [0.2, 0.25) is 0 Å². The van der Waals surface area contributed by atoms with Crippen molar-refractivity contribution < 1.29 is 19.1 Å². The third kappa shape index (κ3) is 5.15. The molecule has 0 bridgehead atoms. The highest BCUT2D eigenvalue weighted by molar-refractivity contribution is 7.80. The van der Waals surface area contributed by atoms with Crippen molar-refractivity contribution in [2.24, 2.45) is 0 Å². The smallest absolute Gasteiger partial charge is 0.276 e. The first kappa shape index (κ1) is 21.3. The Hall–Kier alpha value is -3.39. The molecule has 0 aliphatic carbocycles. The van der Waals surface area contributed by atoms with E-state index < -0.39 is 0 Å². The number of benzene rings is 2. The van der Waals surface area contributed by atoms with Crippen LogP contribution in [0.15, 0.2) is 48.2 Å². The highest BCUT2D eigenvalue weighted by Crippen LogP contribution is 2.29. The number of nitrogens with zero attached hydrogens (tertiary/aromatic N) is 1. The Morgan fingerprint density at radius 3 is 2.53 bits per heavy atom. The molecule has 2 aromatic carbocycles. The minimum atomic E-state index is -0.273. The molecule has 1 saturated heterocycles. The normalized spacial score (nSPS) is 14.6. The minimum Gasteiger partial charge on any atom is -0.490 e. The molecule has 8 heteroatoms. The molecular formula is C22H23N3O4S. The molecule has 7 nitrogen and oxygen atoms in total. The van der Waals surface area contributed by atoms with Crippen LogP contribution in [-0.4, -0.2) is 42.1 Å². The van der Waals surface area contributed by atoms with Crippen molar-refractivity contribution in [2.75, 3.05) is 25.6 Å². The molecular weight excluding hydrogens is 402 g/mol. The molecule has 30 heavy (non-hydrogen) atoms. The summed E-state index contributed by atoms with van der Waals surface area (Å²) in [6, 6.07) is 12.7. The topological polar surface area (TPSA) is 79.9 Å². The van der Waals surface area contributed by atoms with Crippen molar-refractivity contribution in [3.05, 3.63) is 59.3 Å². The van der Waals surface area contributed by atoms with Crippen LogP contribution in [0.3, 0.4) is 0 Å². The second-order valence-corrected chi connectivity index (χ2v) is 7.08. The summed E-state index contributed by atoms with van der Waals surface area (Å²) in [6.45, 7) is 4.10. The molecule has 2 amide bonds. The first-order chi connectivity index (χ1) is 14.4. The Morgan fingerprint density at radius 2 is 1.90 bits per heavy atom. The van der Waals surface area contributed by atoms with Gasteiger partial charge in [-0.2, -0.15) is 0 Å². The summed E-state index contributed by atoms with van der Waals surface area (Å²) in [4.78, 5) is 25.7. The van der Waals surface area contributed by atoms with Gasteiger partial charge in [0.05, 0.1) is 6.61 Å². The monoisotopic (exact) mass is 425 g/mol. The molecule has 2 aromatic rings. The van der Waals surface area contributed by atoms with Gasteiger partial charge in [0.15, 0.2) is 23.2 Å². The standard InChI is InChI=1S/C22H23N3O4S/c1-4-28-19-12-15(11-17-21(27)25(3)22(30)24-17)7-10-18(19)29-13-20(26)23-16-8-5-14(2)6-9-16/h5-12H,4,13H2,1-3H3,(H,23,26)(H,24,30)/b17-11+. The van der Waals surface area contributed by atoms with Crippen LogP contribution >= 0.6 is 12.2 Å². The van der Waals surface area contributed by atoms with Crippen LogP contribution in [0, 0.1) is 6.92 Å². The van der Waals surface area contributed by atoms with E-state index in [4.69, 9.17) is 21.7 Å². The van der Waals surface area contributed by atoms with Crippen molar-refractivity contribution in [3.8, 4) is 11.5 Å². The number of amides is 2. The van der Waals surface area contributed by atoms with E-state index in [1.165, 1.54) is 4.90 Å². The highest BCUT2D eigenvalue weighted by Gasteiger charge is 2.27. The fraction of sp³-hybridized carbons (Fsp3) is 0.227. The lowest BCUT2D eigenvalue weighted by atomic mass is 10.1. The molecule has 156 valence electrons. The van der Waals surface area contributed by atoms with Crippen LogP contribution in [0.1, 0.15) is 18.1 Å². The highest BCUT2D eigenvalue weighted by atomic mass is 32.1. The molecule has 0 unspecified atom stereocenters. The number of rotatable bonds is 7. The van der Waals surface area contributed by atoms with Crippen molar-refractivity contribution in [2.45, 2.75) is 13.8 Å². The Kier molecular flexibility index (Phi) is 6.68. The van der Waals surface area contributed by atoms with Gasteiger partial charge in [-0.05, 0) is 62.0 Å². The zero-order valence-corrected chi connectivity index (χ0v) is 17.8. The zero-order valence-electron chi connectivity index (χ0n) is 17.0. The van der Waals surface area contributed by atoms with Gasteiger partial charge in [-0.15, -0.1) is 0 Å². The zero-order chi connectivity index (χ0) is 21.7. The summed E-state index contributed by atoms with van der Waals surface area (Å²) in [6.07, 6.45) is 1.69. The molecule has 1 aliphatic rings. The second kappa shape index (κ2) is 9.41. The number of likely N-dealkylation sites (N-methyl/N-ethyl adjacent to an activating group) is 1. The minimum absolute atomic E-state index is 0.159. The molecule has 0 spiro atoms. The summed E-state index contributed by atoms with van der Waals surface area (Å²) in [5, 5.41) is 6.02. The fourth-order valence-corrected chi connectivity index (χ4v) is 2.96. The number of ether oxygens (including phenoxy) is 2. The van der Waals surface area contributed by atoms with E-state index in [9.17, 15) is 9.59 Å². The van der Waals surface area contributed by atoms with Gasteiger partial charge in [-0.1, -0.05) is 23.8 Å². The van der Waals surface area contributed by atoms with Crippen LogP contribution in [0.2, 0.25) is 0 Å². The quantitative estimate of drug-likeness (QED) is 0.524. The van der Waals surface area contributed by atoms with Crippen LogP contribution in [0.5, 0.6) is 11.5 Å². The maximum Gasteiger partial charge on any atom is 0.276 e. The Labute approximate surface area is 180 Å². The first-order valence-corrected chi connectivity index (χ1v) is 9.85. The Morgan fingerprint density at radius 1 is 1.17 bits per heavy atom. The van der Waals surface area contributed by atoms with E-state index in [0.717, 1.165) is 11.1 Å². The Balaban J connectivity index is 1.69. The number of nitrogens with one attached hydrogen (secondary N) is 2. The number of carbonyl (C=O) groups is 2. The van der Waals surface area contributed by atoms with E-state index in [2.05, 4.69) is 10.6 Å². The van der Waals surface area contributed by atoms with E-state index in [1.54, 1.807) is 31.3 Å². The molecule has 2 N–H and O–H groups in total. The number of hydrogen-bond acceptors (Lipinski definition) is 5. The summed E-state index contributed by atoms with van der Waals surface area (Å²) < 4.78 is 11.3. The summed E-state index contributed by atoms with van der Waals surface area (Å²) in [7, 11) is 1.61. The van der Waals surface area contributed by atoms with Gasteiger partial charge in [-0.3, -0.25) is 14.5 Å². The van der Waals surface area contributed by atoms with E-state index in [1.807, 2.05) is 38.1 Å². The number of anilines is 1. The van der Waals surface area contributed by atoms with Gasteiger partial charge in [0.1, 0.15) is 5.70 Å². The molecule has 1 heterocycles. The molecule has 3 rings (SSSR count). The lowest BCUT2D eigenvalue weighted by Gasteiger charge is -2.13. The van der Waals surface area contributed by atoms with Gasteiger partial charge in [0.25, 0.3) is 11.8 Å². The van der Waals surface area contributed by atoms with E-state index >= 15 is 0 Å². The van der Waals surface area contributed by atoms with Gasteiger partial charge in [0, 0.05) is 12.7 Å². The summed E-state index contributed by atoms with van der Waals surface area (Å²) in [5.74, 6) is 0.448. The number of hydrogen-bond donors (Lipinski definition) is 2. The average molecular weight is 426 g/mol. The van der Waals surface area contributed by atoms with Gasteiger partial charge < -0.3 is 20.1 Å². The number of carbonyl (C=O) groups excluding carboxylic acids is 2. The summed E-state index contributed by atoms with van der Waals surface area (Å²) >= 11 is 5.08. The van der Waals surface area contributed by atoms with E-state index in [-0.39, 0.29) is 18.4 Å². The molecule has 1 fully saturated rings. The molecule has 0 saturated carbocycles. The third-order valence-corrected chi connectivity index (χ3v) is 4.73. The van der Waals surface area contributed by atoms with Crippen molar-refractivity contribution in [3.63, 3.8) is 0 Å². The maximum absolute atomic E-state index is 12.2. The van der Waals surface area contributed by atoms with Gasteiger partial charge in [-0.25, -0.2) is 0 Å². The predicted molar refractivity (Wildman–Crippen MR) is 119 cm³/mol. The number of thiocarbonyl (C=S) groups is 1. The second-order valence-electron chi connectivity index (χ2n) is 6.69. The van der Waals surface area contributed by atoms with Crippen LogP contribution in [-0.2, 0) is 9.59 Å². The lowest BCUT2D eigenvalue weighted by Crippen LogP contribution is -2.25. The van der Waals surface area contributed by atoms with E-state index in [0.29, 0.717) is 34.6 Å². The Bertz CT molecular complexity index is 1000.